The van der Waals surface area contributed by atoms with Gasteiger partial charge in [0, 0.05) is 6.07 Å². The zero-order valence-electron chi connectivity index (χ0n) is 20.5. The lowest BCUT2D eigenvalue weighted by atomic mass is 9.99. The quantitative estimate of drug-likeness (QED) is 0.227. The fourth-order valence-corrected chi connectivity index (χ4v) is 3.58. The zero-order chi connectivity index (χ0) is 26.2. The van der Waals surface area contributed by atoms with E-state index in [1.54, 1.807) is 24.3 Å². The van der Waals surface area contributed by atoms with Gasteiger partial charge in [-0.1, -0.05) is 68.8 Å². The molecule has 0 radical (unpaired) electrons. The Morgan fingerprint density at radius 1 is 0.946 bits per heavy atom. The van der Waals surface area contributed by atoms with Crippen LogP contribution in [0.15, 0.2) is 94.3 Å². The van der Waals surface area contributed by atoms with Crippen LogP contribution in [0.3, 0.4) is 0 Å². The number of amides is 1. The highest BCUT2D eigenvalue weighted by molar-refractivity contribution is 5.85. The number of hydrogen-bond donors (Lipinski definition) is 1. The summed E-state index contributed by atoms with van der Waals surface area (Å²) in [6, 6.07) is 21.6. The van der Waals surface area contributed by atoms with Gasteiger partial charge in [-0.05, 0) is 35.7 Å². The monoisotopic (exact) mass is 501 g/mol. The number of carbonyl (C=O) groups is 2. The van der Waals surface area contributed by atoms with E-state index in [4.69, 9.17) is 18.6 Å². The maximum atomic E-state index is 13.0. The van der Waals surface area contributed by atoms with Crippen molar-refractivity contribution in [2.24, 2.45) is 5.92 Å². The van der Waals surface area contributed by atoms with Gasteiger partial charge in [-0.15, -0.1) is 0 Å². The number of hydrogen-bond acceptors (Lipinski definition) is 7. The molecule has 1 heterocycles. The van der Waals surface area contributed by atoms with Gasteiger partial charge in [-0.3, -0.25) is 4.79 Å². The molecule has 4 aromatic rings. The minimum absolute atomic E-state index is 0.0403. The first-order valence-electron chi connectivity index (χ1n) is 11.9. The maximum absolute atomic E-state index is 13.0. The molecule has 1 N–H and O–H groups in total. The van der Waals surface area contributed by atoms with Crippen LogP contribution in [0.25, 0.3) is 11.0 Å². The molecular weight excluding hydrogens is 474 g/mol. The van der Waals surface area contributed by atoms with E-state index < -0.39 is 18.1 Å². The molecular formula is C29H27NO7. The van der Waals surface area contributed by atoms with E-state index >= 15 is 0 Å². The molecule has 0 spiro atoms. The molecule has 8 heteroatoms. The third kappa shape index (κ3) is 6.55. The molecule has 0 saturated heterocycles. The van der Waals surface area contributed by atoms with Crippen LogP contribution in [-0.4, -0.2) is 18.1 Å². The molecule has 0 aliphatic heterocycles. The van der Waals surface area contributed by atoms with Gasteiger partial charge in [0.15, 0.2) is 0 Å². The summed E-state index contributed by atoms with van der Waals surface area (Å²) in [5.74, 6) is -0.154. The van der Waals surface area contributed by atoms with E-state index in [1.165, 1.54) is 24.5 Å². The van der Waals surface area contributed by atoms with Crippen molar-refractivity contribution in [1.29, 1.82) is 0 Å². The minimum Gasteiger partial charge on any atom is -0.460 e. The summed E-state index contributed by atoms with van der Waals surface area (Å²) >= 11 is 0. The summed E-state index contributed by atoms with van der Waals surface area (Å²) in [7, 11) is 0. The van der Waals surface area contributed by atoms with Crippen LogP contribution in [0.5, 0.6) is 17.2 Å². The number of para-hydroxylation sites is 1. The predicted molar refractivity (Wildman–Crippen MR) is 138 cm³/mol. The number of carbonyl (C=O) groups excluding carboxylic acids is 2. The fourth-order valence-electron chi connectivity index (χ4n) is 3.58. The number of esters is 1. The second kappa shape index (κ2) is 11.9. The standard InChI is InChI=1S/C29H27NO7/c1-3-19(2)26(30-29(33)35-17-20-10-6-4-7-11-20)28(32)37-22-14-15-23-24(16-22)34-18-25(27(23)31)36-21-12-8-5-9-13-21/h4-16,18-19,26H,3,17H2,1-2H3,(H,30,33)/t19-,26-/m1/s1. The summed E-state index contributed by atoms with van der Waals surface area (Å²) in [4.78, 5) is 38.2. The van der Waals surface area contributed by atoms with E-state index in [2.05, 4.69) is 5.32 Å². The summed E-state index contributed by atoms with van der Waals surface area (Å²) in [6.45, 7) is 3.81. The minimum atomic E-state index is -0.933. The highest BCUT2D eigenvalue weighted by Crippen LogP contribution is 2.24. The molecule has 0 bridgehead atoms. The third-order valence-electron chi connectivity index (χ3n) is 5.86. The average Bonchev–Trinajstić information content (AvgIpc) is 2.93. The summed E-state index contributed by atoms with van der Waals surface area (Å²) in [6.07, 6.45) is 1.12. The Kier molecular flexibility index (Phi) is 8.20. The highest BCUT2D eigenvalue weighted by Gasteiger charge is 2.28. The van der Waals surface area contributed by atoms with E-state index in [0.29, 0.717) is 12.2 Å². The van der Waals surface area contributed by atoms with Crippen molar-refractivity contribution in [1.82, 2.24) is 5.32 Å². The van der Waals surface area contributed by atoms with Gasteiger partial charge in [0.1, 0.15) is 36.0 Å². The molecule has 0 saturated carbocycles. The Hall–Kier alpha value is -4.59. The van der Waals surface area contributed by atoms with Crippen LogP contribution in [0.4, 0.5) is 4.79 Å². The Morgan fingerprint density at radius 3 is 2.35 bits per heavy atom. The molecule has 8 nitrogen and oxygen atoms in total. The van der Waals surface area contributed by atoms with Crippen molar-refractivity contribution in [3.8, 4) is 17.2 Å². The lowest BCUT2D eigenvalue weighted by Gasteiger charge is -2.22. The number of fused-ring (bicyclic) bond motifs is 1. The highest BCUT2D eigenvalue weighted by atomic mass is 16.6. The summed E-state index contributed by atoms with van der Waals surface area (Å²) < 4.78 is 22.0. The van der Waals surface area contributed by atoms with Crippen molar-refractivity contribution in [2.75, 3.05) is 0 Å². The molecule has 4 rings (SSSR count). The number of rotatable bonds is 9. The smallest absolute Gasteiger partial charge is 0.408 e. The molecule has 0 fully saturated rings. The van der Waals surface area contributed by atoms with Crippen LogP contribution in [0, 0.1) is 5.92 Å². The van der Waals surface area contributed by atoms with Crippen LogP contribution in [0.1, 0.15) is 25.8 Å². The second-order valence-electron chi connectivity index (χ2n) is 8.49. The van der Waals surface area contributed by atoms with Crippen LogP contribution in [-0.2, 0) is 16.1 Å². The molecule has 0 unspecified atom stereocenters. The normalized spacial score (nSPS) is 12.4. The predicted octanol–water partition coefficient (Wildman–Crippen LogP) is 5.83. The summed E-state index contributed by atoms with van der Waals surface area (Å²) in [5.41, 5.74) is 0.699. The Labute approximate surface area is 213 Å². The molecule has 0 aliphatic rings. The Balaban J connectivity index is 1.45. The van der Waals surface area contributed by atoms with E-state index in [0.717, 1.165) is 5.56 Å². The molecule has 2 atom stereocenters. The Morgan fingerprint density at radius 2 is 1.65 bits per heavy atom. The van der Waals surface area contributed by atoms with Gasteiger partial charge in [0.05, 0.1) is 5.39 Å². The number of nitrogens with one attached hydrogen (secondary N) is 1. The van der Waals surface area contributed by atoms with Gasteiger partial charge < -0.3 is 23.9 Å². The molecule has 0 aliphatic carbocycles. The van der Waals surface area contributed by atoms with Crippen molar-refractivity contribution < 1.29 is 28.2 Å². The largest absolute Gasteiger partial charge is 0.460 e. The lowest BCUT2D eigenvalue weighted by Crippen LogP contribution is -2.47. The van der Waals surface area contributed by atoms with Gasteiger partial charge in [0.25, 0.3) is 0 Å². The van der Waals surface area contributed by atoms with E-state index in [-0.39, 0.29) is 40.4 Å². The first-order valence-corrected chi connectivity index (χ1v) is 11.9. The topological polar surface area (TPSA) is 104 Å². The van der Waals surface area contributed by atoms with E-state index in [9.17, 15) is 14.4 Å². The SMILES string of the molecule is CC[C@@H](C)[C@@H](NC(=O)OCc1ccccc1)C(=O)Oc1ccc2c(=O)c(Oc3ccccc3)coc2c1. The first kappa shape index (κ1) is 25.5. The molecule has 1 aromatic heterocycles. The third-order valence-corrected chi connectivity index (χ3v) is 5.86. The summed E-state index contributed by atoms with van der Waals surface area (Å²) in [5, 5.41) is 2.88. The average molecular weight is 502 g/mol. The number of ether oxygens (including phenoxy) is 3. The van der Waals surface area contributed by atoms with Gasteiger partial charge in [-0.2, -0.15) is 0 Å². The van der Waals surface area contributed by atoms with Crippen LogP contribution >= 0.6 is 0 Å². The van der Waals surface area contributed by atoms with Gasteiger partial charge in [-0.25, -0.2) is 9.59 Å². The lowest BCUT2D eigenvalue weighted by molar-refractivity contribution is -0.138. The molecule has 3 aromatic carbocycles. The maximum Gasteiger partial charge on any atom is 0.408 e. The molecule has 37 heavy (non-hydrogen) atoms. The molecule has 1 amide bonds. The zero-order valence-corrected chi connectivity index (χ0v) is 20.5. The fraction of sp³-hybridized carbons (Fsp3) is 0.207. The van der Waals surface area contributed by atoms with Crippen molar-refractivity contribution in [3.63, 3.8) is 0 Å². The van der Waals surface area contributed by atoms with E-state index in [1.807, 2.05) is 50.2 Å². The number of benzene rings is 3. The van der Waals surface area contributed by atoms with Gasteiger partial charge in [0.2, 0.25) is 11.2 Å². The van der Waals surface area contributed by atoms with Crippen molar-refractivity contribution in [3.05, 3.63) is 101 Å². The van der Waals surface area contributed by atoms with Crippen LogP contribution < -0.4 is 20.2 Å². The first-order chi connectivity index (χ1) is 17.9. The van der Waals surface area contributed by atoms with Gasteiger partial charge >= 0.3 is 12.1 Å². The Bertz CT molecular complexity index is 1420. The van der Waals surface area contributed by atoms with Crippen LogP contribution in [0.2, 0.25) is 0 Å². The van der Waals surface area contributed by atoms with Crippen molar-refractivity contribution >= 4 is 23.0 Å². The van der Waals surface area contributed by atoms with Crippen molar-refractivity contribution in [2.45, 2.75) is 32.9 Å². The molecule has 190 valence electrons. The number of alkyl carbamates (subject to hydrolysis) is 1. The second-order valence-corrected chi connectivity index (χ2v) is 8.49.